The normalized spacial score (nSPS) is 14.1. The zero-order chi connectivity index (χ0) is 18.9. The van der Waals surface area contributed by atoms with Gasteiger partial charge in [0.25, 0.3) is 5.56 Å². The van der Waals surface area contributed by atoms with Gasteiger partial charge in [0.1, 0.15) is 5.82 Å². The maximum Gasteiger partial charge on any atom is 0.255 e. The van der Waals surface area contributed by atoms with Crippen molar-refractivity contribution in [3.8, 4) is 11.4 Å². The van der Waals surface area contributed by atoms with Crippen LogP contribution in [0.5, 0.6) is 0 Å². The number of pyridine rings is 2. The number of nitrogens with zero attached hydrogens (tertiary/aromatic N) is 4. The average Bonchev–Trinajstić information content (AvgIpc) is 2.75. The summed E-state index contributed by atoms with van der Waals surface area (Å²) in [5, 5.41) is 1.16. The smallest absolute Gasteiger partial charge is 0.255 e. The molecule has 1 aromatic carbocycles. The summed E-state index contributed by atoms with van der Waals surface area (Å²) in [7, 11) is 0. The molecule has 6 nitrogen and oxygen atoms in total. The minimum absolute atomic E-state index is 0.0545. The molecule has 0 radical (unpaired) electrons. The lowest BCUT2D eigenvalue weighted by molar-refractivity contribution is 0.242. The molecule has 0 bridgehead atoms. The first-order chi connectivity index (χ1) is 13.8. The van der Waals surface area contributed by atoms with Crippen LogP contribution in [0, 0.1) is 0 Å². The van der Waals surface area contributed by atoms with Gasteiger partial charge in [-0.2, -0.15) is 0 Å². The highest BCUT2D eigenvalue weighted by molar-refractivity contribution is 5.81. The molecule has 0 atom stereocenters. The highest BCUT2D eigenvalue weighted by atomic mass is 16.1. The molecule has 0 fully saturated rings. The van der Waals surface area contributed by atoms with Crippen LogP contribution < -0.4 is 5.56 Å². The van der Waals surface area contributed by atoms with Crippen molar-refractivity contribution in [2.45, 2.75) is 19.5 Å². The third-order valence-corrected chi connectivity index (χ3v) is 5.23. The Bertz CT molecular complexity index is 1200. The Kier molecular flexibility index (Phi) is 4.18. The van der Waals surface area contributed by atoms with Gasteiger partial charge in [-0.3, -0.25) is 19.7 Å². The first-order valence-corrected chi connectivity index (χ1v) is 9.35. The molecule has 3 aromatic heterocycles. The van der Waals surface area contributed by atoms with Crippen molar-refractivity contribution in [2.75, 3.05) is 6.54 Å². The van der Waals surface area contributed by atoms with Crippen LogP contribution in [0.4, 0.5) is 0 Å². The Morgan fingerprint density at radius 1 is 1.04 bits per heavy atom. The molecule has 0 spiro atoms. The van der Waals surface area contributed by atoms with Crippen LogP contribution in [0.2, 0.25) is 0 Å². The van der Waals surface area contributed by atoms with Crippen molar-refractivity contribution < 1.29 is 0 Å². The van der Waals surface area contributed by atoms with Gasteiger partial charge >= 0.3 is 0 Å². The number of rotatable bonds is 3. The molecular formula is C22H19N5O. The number of benzene rings is 1. The third kappa shape index (κ3) is 3.08. The first kappa shape index (κ1) is 16.8. The molecule has 0 amide bonds. The number of nitrogens with one attached hydrogen (secondary N) is 1. The Balaban J connectivity index is 1.43. The molecule has 0 saturated heterocycles. The summed E-state index contributed by atoms with van der Waals surface area (Å²) < 4.78 is 0. The molecule has 0 aliphatic carbocycles. The maximum atomic E-state index is 12.7. The number of aromatic amines is 1. The van der Waals surface area contributed by atoms with E-state index >= 15 is 0 Å². The summed E-state index contributed by atoms with van der Waals surface area (Å²) in [4.78, 5) is 31.1. The topological polar surface area (TPSA) is 74.8 Å². The van der Waals surface area contributed by atoms with Crippen LogP contribution in [0.3, 0.4) is 0 Å². The van der Waals surface area contributed by atoms with Crippen molar-refractivity contribution in [1.82, 2.24) is 24.8 Å². The largest absolute Gasteiger partial charge is 0.306 e. The number of fused-ring (bicyclic) bond motifs is 2. The van der Waals surface area contributed by atoms with Gasteiger partial charge < -0.3 is 4.98 Å². The van der Waals surface area contributed by atoms with E-state index in [9.17, 15) is 4.79 Å². The van der Waals surface area contributed by atoms with Crippen LogP contribution >= 0.6 is 0 Å². The quantitative estimate of drug-likeness (QED) is 0.601. The van der Waals surface area contributed by atoms with Crippen molar-refractivity contribution in [1.29, 1.82) is 0 Å². The summed E-state index contributed by atoms with van der Waals surface area (Å²) >= 11 is 0. The second-order valence-electron chi connectivity index (χ2n) is 7.02. The molecule has 0 unspecified atom stereocenters. The number of H-pyrrole nitrogens is 1. The fourth-order valence-corrected chi connectivity index (χ4v) is 3.80. The fraction of sp³-hybridized carbons (Fsp3) is 0.182. The molecule has 138 valence electrons. The van der Waals surface area contributed by atoms with E-state index in [0.29, 0.717) is 12.4 Å². The van der Waals surface area contributed by atoms with Gasteiger partial charge in [-0.1, -0.05) is 18.2 Å². The Morgan fingerprint density at radius 3 is 2.79 bits per heavy atom. The van der Waals surface area contributed by atoms with E-state index in [0.717, 1.165) is 47.2 Å². The number of para-hydroxylation sites is 1. The third-order valence-electron chi connectivity index (χ3n) is 5.23. The van der Waals surface area contributed by atoms with Crippen molar-refractivity contribution >= 4 is 10.9 Å². The molecule has 0 saturated carbocycles. The van der Waals surface area contributed by atoms with Gasteiger partial charge in [0.05, 0.1) is 16.8 Å². The minimum atomic E-state index is -0.0545. The maximum absolute atomic E-state index is 12.7. The molecule has 1 aliphatic rings. The highest BCUT2D eigenvalue weighted by Crippen LogP contribution is 2.22. The van der Waals surface area contributed by atoms with Crippen LogP contribution in [0.1, 0.15) is 16.8 Å². The molecule has 1 aliphatic heterocycles. The van der Waals surface area contributed by atoms with Crippen LogP contribution in [0.15, 0.2) is 65.8 Å². The Hall–Kier alpha value is -3.38. The van der Waals surface area contributed by atoms with Gasteiger partial charge in [0.2, 0.25) is 0 Å². The van der Waals surface area contributed by atoms with Crippen molar-refractivity contribution in [3.63, 3.8) is 0 Å². The van der Waals surface area contributed by atoms with E-state index in [1.165, 1.54) is 5.56 Å². The molecule has 4 heterocycles. The molecule has 4 aromatic rings. The van der Waals surface area contributed by atoms with E-state index in [1.54, 1.807) is 12.4 Å². The Morgan fingerprint density at radius 2 is 1.89 bits per heavy atom. The lowest BCUT2D eigenvalue weighted by Crippen LogP contribution is -2.35. The SMILES string of the molecule is O=c1[nH]c(-c2ccncc2)nc2c1CN(Cc1ccnc3ccccc13)CC2. The summed E-state index contributed by atoms with van der Waals surface area (Å²) in [5.74, 6) is 0.611. The molecule has 6 heteroatoms. The van der Waals surface area contributed by atoms with Crippen molar-refractivity contribution in [3.05, 3.63) is 88.2 Å². The minimum Gasteiger partial charge on any atom is -0.306 e. The van der Waals surface area contributed by atoms with E-state index in [-0.39, 0.29) is 5.56 Å². The van der Waals surface area contributed by atoms with Crippen molar-refractivity contribution in [2.24, 2.45) is 0 Å². The highest BCUT2D eigenvalue weighted by Gasteiger charge is 2.22. The van der Waals surface area contributed by atoms with Crippen LogP contribution in [0.25, 0.3) is 22.3 Å². The lowest BCUT2D eigenvalue weighted by atomic mass is 10.0. The second-order valence-corrected chi connectivity index (χ2v) is 7.02. The monoisotopic (exact) mass is 369 g/mol. The summed E-state index contributed by atoms with van der Waals surface area (Å²) in [6.45, 7) is 2.26. The number of aromatic nitrogens is 4. The van der Waals surface area contributed by atoms with E-state index in [2.05, 4.69) is 32.0 Å². The fourth-order valence-electron chi connectivity index (χ4n) is 3.80. The van der Waals surface area contributed by atoms with E-state index < -0.39 is 0 Å². The van der Waals surface area contributed by atoms with Crippen LogP contribution in [-0.2, 0) is 19.5 Å². The number of hydrogen-bond donors (Lipinski definition) is 1. The molecular weight excluding hydrogens is 350 g/mol. The van der Waals surface area contributed by atoms with Gasteiger partial charge in [0.15, 0.2) is 0 Å². The first-order valence-electron chi connectivity index (χ1n) is 9.35. The predicted octanol–water partition coefficient (Wildman–Crippen LogP) is 2.94. The molecule has 5 rings (SSSR count). The van der Waals surface area contributed by atoms with Crippen LogP contribution in [-0.4, -0.2) is 31.4 Å². The van der Waals surface area contributed by atoms with E-state index in [1.807, 2.05) is 36.5 Å². The standard InChI is InChI=1S/C22H19N5O/c28-22-18-14-27(13-16-7-11-24-19-4-2-1-3-17(16)19)12-8-20(18)25-21(26-22)15-5-9-23-10-6-15/h1-7,9-11H,8,12-14H2,(H,25,26,28). The predicted molar refractivity (Wildman–Crippen MR) is 108 cm³/mol. The summed E-state index contributed by atoms with van der Waals surface area (Å²) in [5.41, 5.74) is 4.71. The summed E-state index contributed by atoms with van der Waals surface area (Å²) in [6.07, 6.45) is 6.02. The number of hydrogen-bond acceptors (Lipinski definition) is 5. The average molecular weight is 369 g/mol. The summed E-state index contributed by atoms with van der Waals surface area (Å²) in [6, 6.07) is 13.9. The zero-order valence-electron chi connectivity index (χ0n) is 15.3. The Labute approximate surface area is 161 Å². The molecule has 1 N–H and O–H groups in total. The van der Waals surface area contributed by atoms with Gasteiger partial charge in [-0.25, -0.2) is 4.98 Å². The van der Waals surface area contributed by atoms with Gasteiger partial charge in [0, 0.05) is 55.6 Å². The van der Waals surface area contributed by atoms with Gasteiger partial charge in [-0.05, 0) is 29.8 Å². The molecule has 28 heavy (non-hydrogen) atoms. The second kappa shape index (κ2) is 6.98. The lowest BCUT2D eigenvalue weighted by Gasteiger charge is -2.28. The van der Waals surface area contributed by atoms with Gasteiger partial charge in [-0.15, -0.1) is 0 Å². The zero-order valence-corrected chi connectivity index (χ0v) is 15.3. The van der Waals surface area contributed by atoms with E-state index in [4.69, 9.17) is 4.98 Å².